The van der Waals surface area contributed by atoms with Gasteiger partial charge in [-0.1, -0.05) is 43.0 Å². The summed E-state index contributed by atoms with van der Waals surface area (Å²) in [7, 11) is 0. The van der Waals surface area contributed by atoms with Crippen molar-refractivity contribution in [1.29, 1.82) is 0 Å². The molecule has 0 aliphatic carbocycles. The number of hydrogen-bond acceptors (Lipinski definition) is 6. The van der Waals surface area contributed by atoms with Gasteiger partial charge < -0.3 is 9.47 Å². The van der Waals surface area contributed by atoms with Gasteiger partial charge in [-0.3, -0.25) is 4.90 Å². The number of rotatable bonds is 9. The van der Waals surface area contributed by atoms with E-state index in [1.807, 2.05) is 25.1 Å². The first-order valence-corrected chi connectivity index (χ1v) is 13.7. The zero-order valence-corrected chi connectivity index (χ0v) is 23.4. The summed E-state index contributed by atoms with van der Waals surface area (Å²) in [5, 5.41) is 0.689. The predicted molar refractivity (Wildman–Crippen MR) is 149 cm³/mol. The minimum atomic E-state index is -0.302. The minimum absolute atomic E-state index is 0.302. The monoisotopic (exact) mass is 616 g/mol. The van der Waals surface area contributed by atoms with E-state index in [0.717, 1.165) is 46.1 Å². The summed E-state index contributed by atoms with van der Waals surface area (Å²) in [5.74, 6) is 0.406. The minimum Gasteiger partial charge on any atom is -0.487 e. The molecular weight excluding hydrogens is 592 g/mol. The molecule has 0 radical (unpaired) electrons. The van der Waals surface area contributed by atoms with Crippen LogP contribution < -0.4 is 4.74 Å². The maximum atomic E-state index is 12.9. The molecule has 2 aromatic carbocycles. The largest absolute Gasteiger partial charge is 0.487 e. The number of thiophene rings is 1. The van der Waals surface area contributed by atoms with E-state index in [-0.39, 0.29) is 5.97 Å². The third kappa shape index (κ3) is 6.30. The molecule has 35 heavy (non-hydrogen) atoms. The molecule has 3 aromatic rings. The van der Waals surface area contributed by atoms with Crippen LogP contribution in [0.5, 0.6) is 5.75 Å². The quantitative estimate of drug-likeness (QED) is 0.143. The number of hydrogen-bond donors (Lipinski definition) is 0. The number of benzene rings is 2. The molecule has 0 spiro atoms. The van der Waals surface area contributed by atoms with Gasteiger partial charge in [0, 0.05) is 30.7 Å². The maximum Gasteiger partial charge on any atom is 0.341 e. The lowest BCUT2D eigenvalue weighted by Gasteiger charge is -2.27. The number of esters is 1. The highest BCUT2D eigenvalue weighted by atomic mass is 79.9. The third-order valence-electron chi connectivity index (χ3n) is 5.54. The first-order valence-electron chi connectivity index (χ1n) is 11.3. The highest BCUT2D eigenvalue weighted by molar-refractivity contribution is 9.11. The number of nitrogens with zero attached hydrogens (tertiary/aromatic N) is 2. The van der Waals surface area contributed by atoms with E-state index in [0.29, 0.717) is 29.5 Å². The van der Waals surface area contributed by atoms with E-state index < -0.39 is 0 Å². The molecule has 1 aliphatic rings. The summed E-state index contributed by atoms with van der Waals surface area (Å²) in [6.07, 6.45) is 4.27. The molecule has 0 unspecified atom stereocenters. The predicted octanol–water partition coefficient (Wildman–Crippen LogP) is 7.32. The molecule has 0 saturated heterocycles. The summed E-state index contributed by atoms with van der Waals surface area (Å²) in [6, 6.07) is 14.3. The lowest BCUT2D eigenvalue weighted by molar-refractivity contribution is 0.0526. The first-order chi connectivity index (χ1) is 17.0. The van der Waals surface area contributed by atoms with Crippen LogP contribution in [0.4, 0.5) is 5.00 Å². The van der Waals surface area contributed by atoms with E-state index >= 15 is 0 Å². The molecule has 1 aliphatic heterocycles. The van der Waals surface area contributed by atoms with E-state index in [4.69, 9.17) is 14.5 Å². The Morgan fingerprint density at radius 3 is 2.66 bits per heavy atom. The molecule has 4 rings (SSSR count). The zero-order valence-electron chi connectivity index (χ0n) is 19.4. The Bertz CT molecular complexity index is 1220. The van der Waals surface area contributed by atoms with Crippen molar-refractivity contribution in [3.8, 4) is 5.75 Å². The van der Waals surface area contributed by atoms with E-state index in [9.17, 15) is 4.79 Å². The average molecular weight is 618 g/mol. The van der Waals surface area contributed by atoms with Crippen LogP contribution in [0.15, 0.2) is 69.1 Å². The van der Waals surface area contributed by atoms with Gasteiger partial charge in [-0.15, -0.1) is 11.3 Å². The SMILES string of the molecule is C=CCOc1c(Br)cc(C=Nc2sc3c(c2C(=O)OCC)CCN(Cc2ccccc2)C3)cc1Br. The molecule has 0 saturated carbocycles. The van der Waals surface area contributed by atoms with Gasteiger partial charge in [0.25, 0.3) is 0 Å². The summed E-state index contributed by atoms with van der Waals surface area (Å²) in [6.45, 7) is 8.82. The van der Waals surface area contributed by atoms with Crippen LogP contribution in [0.25, 0.3) is 0 Å². The van der Waals surface area contributed by atoms with E-state index in [1.54, 1.807) is 23.6 Å². The zero-order chi connectivity index (χ0) is 24.8. The Hall–Kier alpha value is -2.26. The smallest absolute Gasteiger partial charge is 0.341 e. The molecule has 0 atom stereocenters. The van der Waals surface area contributed by atoms with Gasteiger partial charge in [-0.05, 0) is 74.0 Å². The van der Waals surface area contributed by atoms with Gasteiger partial charge in [0.2, 0.25) is 0 Å². The van der Waals surface area contributed by atoms with Crippen LogP contribution >= 0.6 is 43.2 Å². The fourth-order valence-corrected chi connectivity index (χ4v) is 6.66. The van der Waals surface area contributed by atoms with Gasteiger partial charge >= 0.3 is 5.97 Å². The Labute approximate surface area is 226 Å². The second-order valence-electron chi connectivity index (χ2n) is 8.02. The molecule has 0 amide bonds. The van der Waals surface area contributed by atoms with Gasteiger partial charge in [0.05, 0.1) is 21.1 Å². The number of halogens is 2. The normalized spacial score (nSPS) is 13.6. The van der Waals surface area contributed by atoms with Gasteiger partial charge in [0.15, 0.2) is 0 Å². The number of aliphatic imine (C=N–C) groups is 1. The van der Waals surface area contributed by atoms with Crippen molar-refractivity contribution in [3.63, 3.8) is 0 Å². The van der Waals surface area contributed by atoms with Gasteiger partial charge in [-0.2, -0.15) is 0 Å². The van der Waals surface area contributed by atoms with Crippen LogP contribution in [0.1, 0.15) is 38.8 Å². The van der Waals surface area contributed by atoms with Crippen molar-refractivity contribution in [3.05, 3.63) is 91.2 Å². The van der Waals surface area contributed by atoms with Crippen molar-refractivity contribution in [2.45, 2.75) is 26.4 Å². The van der Waals surface area contributed by atoms with E-state index in [2.05, 4.69) is 67.6 Å². The molecule has 1 aromatic heterocycles. The summed E-state index contributed by atoms with van der Waals surface area (Å²) >= 11 is 8.70. The average Bonchev–Trinajstić information content (AvgIpc) is 3.21. The highest BCUT2D eigenvalue weighted by Gasteiger charge is 2.28. The van der Waals surface area contributed by atoms with Crippen molar-refractivity contribution >= 4 is 60.4 Å². The van der Waals surface area contributed by atoms with E-state index in [1.165, 1.54) is 10.4 Å². The second-order valence-corrected chi connectivity index (χ2v) is 10.8. The standard InChI is InChI=1S/C27H26Br2N2O3S/c1-3-12-34-25-21(28)13-19(14-22(25)29)15-30-26-24(27(32)33-4-2)20-10-11-31(17-23(20)35-26)16-18-8-6-5-7-9-18/h3,5-9,13-15H,1,4,10-12,16-17H2,2H3. The molecule has 8 heteroatoms. The Balaban J connectivity index is 1.61. The summed E-state index contributed by atoms with van der Waals surface area (Å²) in [5.41, 5.74) is 3.83. The number of carbonyl (C=O) groups is 1. The van der Waals surface area contributed by atoms with Crippen molar-refractivity contribution < 1.29 is 14.3 Å². The number of carbonyl (C=O) groups excluding carboxylic acids is 1. The molecule has 5 nitrogen and oxygen atoms in total. The summed E-state index contributed by atoms with van der Waals surface area (Å²) in [4.78, 5) is 21.2. The molecular formula is C27H26Br2N2O3S. The second kappa shape index (κ2) is 12.1. The fraction of sp³-hybridized carbons (Fsp3) is 0.259. The third-order valence-corrected chi connectivity index (χ3v) is 7.85. The number of ether oxygens (including phenoxy) is 2. The fourth-order valence-electron chi connectivity index (χ4n) is 3.99. The van der Waals surface area contributed by atoms with Crippen LogP contribution in [0.2, 0.25) is 0 Å². The molecule has 0 bridgehead atoms. The van der Waals surface area contributed by atoms with Gasteiger partial charge in [-0.25, -0.2) is 9.79 Å². The number of fused-ring (bicyclic) bond motifs is 1. The summed E-state index contributed by atoms with van der Waals surface area (Å²) < 4.78 is 12.7. The van der Waals surface area contributed by atoms with Crippen LogP contribution in [0, 0.1) is 0 Å². The van der Waals surface area contributed by atoms with Crippen LogP contribution in [0.3, 0.4) is 0 Å². The highest BCUT2D eigenvalue weighted by Crippen LogP contribution is 2.40. The molecule has 0 N–H and O–H groups in total. The Kier molecular flexibility index (Phi) is 8.94. The van der Waals surface area contributed by atoms with Crippen molar-refractivity contribution in [1.82, 2.24) is 4.90 Å². The van der Waals surface area contributed by atoms with Gasteiger partial charge in [0.1, 0.15) is 17.4 Å². The van der Waals surface area contributed by atoms with Crippen molar-refractivity contribution in [2.75, 3.05) is 19.8 Å². The first kappa shape index (κ1) is 25.8. The Morgan fingerprint density at radius 1 is 1.23 bits per heavy atom. The molecule has 182 valence electrons. The van der Waals surface area contributed by atoms with Crippen LogP contribution in [-0.4, -0.2) is 36.8 Å². The topological polar surface area (TPSA) is 51.1 Å². The molecule has 2 heterocycles. The Morgan fingerprint density at radius 2 is 1.97 bits per heavy atom. The lowest BCUT2D eigenvalue weighted by atomic mass is 10.0. The molecule has 0 fully saturated rings. The van der Waals surface area contributed by atoms with Crippen LogP contribution in [-0.2, 0) is 24.2 Å². The maximum absolute atomic E-state index is 12.9. The van der Waals surface area contributed by atoms with Crippen molar-refractivity contribution in [2.24, 2.45) is 4.99 Å². The lowest BCUT2D eigenvalue weighted by Crippen LogP contribution is -2.29.